The van der Waals surface area contributed by atoms with Gasteiger partial charge in [-0.1, -0.05) is 0 Å². The number of methoxy groups -OCH3 is 1. The first-order chi connectivity index (χ1) is 10.4. The van der Waals surface area contributed by atoms with Crippen molar-refractivity contribution in [3.63, 3.8) is 0 Å². The van der Waals surface area contributed by atoms with Crippen LogP contribution in [0.15, 0.2) is 22.5 Å². The third kappa shape index (κ3) is 1.79. The number of allylic oxidation sites excluding steroid dienone is 2. The minimum absolute atomic E-state index is 0.0684. The first kappa shape index (κ1) is 14.9. The SMILES string of the molecule is COC1=C(C)C(=O)C2=C(C1=O)[C@@H]1CN(C)[C@@H](C#N)[C@H](C2)N1C. The van der Waals surface area contributed by atoms with Gasteiger partial charge in [-0.3, -0.25) is 19.4 Å². The van der Waals surface area contributed by atoms with Crippen LogP contribution in [0, 0.1) is 11.3 Å². The summed E-state index contributed by atoms with van der Waals surface area (Å²) < 4.78 is 5.17. The Morgan fingerprint density at radius 2 is 1.95 bits per heavy atom. The number of hydrogen-bond donors (Lipinski definition) is 0. The number of ether oxygens (including phenoxy) is 1. The van der Waals surface area contributed by atoms with Gasteiger partial charge in [-0.25, -0.2) is 0 Å². The van der Waals surface area contributed by atoms with Crippen molar-refractivity contribution >= 4 is 11.6 Å². The minimum Gasteiger partial charge on any atom is -0.492 e. The van der Waals surface area contributed by atoms with Crippen molar-refractivity contribution in [3.05, 3.63) is 22.5 Å². The van der Waals surface area contributed by atoms with Gasteiger partial charge in [-0.15, -0.1) is 0 Å². The lowest BCUT2D eigenvalue weighted by Crippen LogP contribution is -2.65. The lowest BCUT2D eigenvalue weighted by atomic mass is 9.75. The molecule has 3 rings (SSSR count). The van der Waals surface area contributed by atoms with E-state index in [1.165, 1.54) is 7.11 Å². The molecule has 2 bridgehead atoms. The molecule has 0 aromatic heterocycles. The Balaban J connectivity index is 2.12. The van der Waals surface area contributed by atoms with E-state index in [0.717, 1.165) is 0 Å². The molecule has 1 fully saturated rings. The molecule has 6 heteroatoms. The van der Waals surface area contributed by atoms with E-state index in [0.29, 0.717) is 29.7 Å². The van der Waals surface area contributed by atoms with Crippen LogP contribution in [0.4, 0.5) is 0 Å². The second-order valence-corrected chi connectivity index (χ2v) is 6.17. The molecule has 0 N–H and O–H groups in total. The normalized spacial score (nSPS) is 33.0. The number of likely N-dealkylation sites (N-methyl/N-ethyl adjacent to an activating group) is 2. The highest BCUT2D eigenvalue weighted by Crippen LogP contribution is 2.40. The third-order valence-electron chi connectivity index (χ3n) is 5.13. The smallest absolute Gasteiger partial charge is 0.225 e. The molecule has 0 spiro atoms. The van der Waals surface area contributed by atoms with Crippen LogP contribution in [0.1, 0.15) is 13.3 Å². The van der Waals surface area contributed by atoms with Gasteiger partial charge in [0.1, 0.15) is 6.04 Å². The zero-order valence-electron chi connectivity index (χ0n) is 13.2. The number of carbonyl (C=O) groups excluding carboxylic acids is 2. The van der Waals surface area contributed by atoms with Gasteiger partial charge in [0.2, 0.25) is 5.78 Å². The highest BCUT2D eigenvalue weighted by atomic mass is 16.5. The first-order valence-corrected chi connectivity index (χ1v) is 7.31. The molecule has 0 amide bonds. The lowest BCUT2D eigenvalue weighted by Gasteiger charge is -2.51. The summed E-state index contributed by atoms with van der Waals surface area (Å²) in [6.07, 6.45) is 0.434. The molecule has 0 aromatic rings. The highest BCUT2D eigenvalue weighted by Gasteiger charge is 2.50. The fourth-order valence-corrected chi connectivity index (χ4v) is 3.89. The summed E-state index contributed by atoms with van der Waals surface area (Å²) in [4.78, 5) is 29.4. The molecule has 6 nitrogen and oxygen atoms in total. The van der Waals surface area contributed by atoms with Gasteiger partial charge >= 0.3 is 0 Å². The fraction of sp³-hybridized carbons (Fsp3) is 0.562. The van der Waals surface area contributed by atoms with Crippen LogP contribution in [0.25, 0.3) is 0 Å². The highest BCUT2D eigenvalue weighted by molar-refractivity contribution is 6.25. The van der Waals surface area contributed by atoms with Crippen LogP contribution in [0.3, 0.4) is 0 Å². The number of Topliss-reactive ketones (excluding diaryl/α,β-unsaturated/α-hetero) is 2. The largest absolute Gasteiger partial charge is 0.492 e. The second-order valence-electron chi connectivity index (χ2n) is 6.17. The van der Waals surface area contributed by atoms with Crippen molar-refractivity contribution in [1.29, 1.82) is 5.26 Å². The lowest BCUT2D eigenvalue weighted by molar-refractivity contribution is -0.121. The van der Waals surface area contributed by atoms with Crippen molar-refractivity contribution in [2.75, 3.05) is 27.7 Å². The van der Waals surface area contributed by atoms with Crippen molar-refractivity contribution < 1.29 is 14.3 Å². The number of fused-ring (bicyclic) bond motifs is 3. The Hall–Kier alpha value is -1.97. The number of piperazine rings is 1. The number of carbonyl (C=O) groups is 2. The Bertz CT molecular complexity index is 671. The van der Waals surface area contributed by atoms with Gasteiger partial charge in [0.05, 0.1) is 19.2 Å². The summed E-state index contributed by atoms with van der Waals surface area (Å²) in [5, 5.41) is 9.42. The molecule has 0 unspecified atom stereocenters. The number of rotatable bonds is 1. The minimum atomic E-state index is -0.272. The summed E-state index contributed by atoms with van der Waals surface area (Å²) in [5.41, 5.74) is 1.50. The van der Waals surface area contributed by atoms with Gasteiger partial charge in [-0.05, 0) is 27.4 Å². The molecule has 0 radical (unpaired) electrons. The van der Waals surface area contributed by atoms with E-state index in [1.54, 1.807) is 6.92 Å². The Morgan fingerprint density at radius 1 is 1.27 bits per heavy atom. The van der Waals surface area contributed by atoms with E-state index in [9.17, 15) is 14.9 Å². The van der Waals surface area contributed by atoms with Crippen LogP contribution in [-0.2, 0) is 14.3 Å². The summed E-state index contributed by atoms with van der Waals surface area (Å²) in [5.74, 6) is -0.148. The molecule has 1 saturated heterocycles. The molecule has 2 heterocycles. The molecule has 0 saturated carbocycles. The molecule has 3 aliphatic rings. The maximum absolute atomic E-state index is 12.7. The molecular formula is C16H19N3O3. The maximum atomic E-state index is 12.7. The Morgan fingerprint density at radius 3 is 2.55 bits per heavy atom. The zero-order valence-corrected chi connectivity index (χ0v) is 13.2. The molecular weight excluding hydrogens is 282 g/mol. The van der Waals surface area contributed by atoms with Crippen molar-refractivity contribution in [2.45, 2.75) is 31.5 Å². The molecule has 0 aromatic carbocycles. The Kier molecular flexibility index (Phi) is 3.42. The molecule has 2 aliphatic heterocycles. The second kappa shape index (κ2) is 5.04. The van der Waals surface area contributed by atoms with Crippen LogP contribution < -0.4 is 0 Å². The quantitative estimate of drug-likeness (QED) is 0.647. The number of nitriles is 1. The molecule has 3 atom stereocenters. The third-order valence-corrected chi connectivity index (χ3v) is 5.13. The van der Waals surface area contributed by atoms with E-state index < -0.39 is 0 Å². The van der Waals surface area contributed by atoms with Gasteiger partial charge in [-0.2, -0.15) is 5.26 Å². The van der Waals surface area contributed by atoms with Gasteiger partial charge in [0, 0.05) is 29.3 Å². The topological polar surface area (TPSA) is 73.6 Å². The van der Waals surface area contributed by atoms with Crippen molar-refractivity contribution in [2.24, 2.45) is 0 Å². The van der Waals surface area contributed by atoms with Crippen LogP contribution in [0.2, 0.25) is 0 Å². The molecule has 22 heavy (non-hydrogen) atoms. The monoisotopic (exact) mass is 301 g/mol. The Labute approximate surface area is 129 Å². The van der Waals surface area contributed by atoms with Crippen LogP contribution >= 0.6 is 0 Å². The average molecular weight is 301 g/mol. The first-order valence-electron chi connectivity index (χ1n) is 7.31. The summed E-state index contributed by atoms with van der Waals surface area (Å²) in [7, 11) is 5.23. The predicted octanol–water partition coefficient (Wildman–Crippen LogP) is 0.265. The number of ketones is 2. The van der Waals surface area contributed by atoms with Crippen LogP contribution in [0.5, 0.6) is 0 Å². The predicted molar refractivity (Wildman–Crippen MR) is 78.7 cm³/mol. The van der Waals surface area contributed by atoms with E-state index in [-0.39, 0.29) is 35.5 Å². The van der Waals surface area contributed by atoms with Gasteiger partial charge < -0.3 is 4.74 Å². The fourth-order valence-electron chi connectivity index (χ4n) is 3.89. The number of nitrogens with zero attached hydrogens (tertiary/aromatic N) is 3. The van der Waals surface area contributed by atoms with Crippen molar-refractivity contribution in [1.82, 2.24) is 9.80 Å². The average Bonchev–Trinajstić information content (AvgIpc) is 2.47. The molecule has 1 aliphatic carbocycles. The maximum Gasteiger partial charge on any atom is 0.225 e. The standard InChI is InChI=1S/C16H19N3O3/c1-8-14(20)9-5-10-11(6-17)18(2)7-12(19(10)3)13(9)15(21)16(8)22-4/h10-12H,5,7H2,1-4H3/t10-,11-,12-/m0/s1. The van der Waals surface area contributed by atoms with E-state index >= 15 is 0 Å². The number of hydrogen-bond acceptors (Lipinski definition) is 6. The molecule has 116 valence electrons. The summed E-state index contributed by atoms with van der Waals surface area (Å²) >= 11 is 0. The van der Waals surface area contributed by atoms with Crippen LogP contribution in [-0.4, -0.2) is 67.2 Å². The van der Waals surface area contributed by atoms with E-state index in [4.69, 9.17) is 4.74 Å². The van der Waals surface area contributed by atoms with E-state index in [2.05, 4.69) is 11.0 Å². The summed E-state index contributed by atoms with van der Waals surface area (Å²) in [6.45, 7) is 2.18. The van der Waals surface area contributed by atoms with Gasteiger partial charge in [0.25, 0.3) is 0 Å². The zero-order chi connectivity index (χ0) is 16.2. The van der Waals surface area contributed by atoms with Gasteiger partial charge in [0.15, 0.2) is 11.5 Å². The summed E-state index contributed by atoms with van der Waals surface area (Å²) in [6, 6.07) is 1.81. The van der Waals surface area contributed by atoms with Crippen molar-refractivity contribution in [3.8, 4) is 6.07 Å². The van der Waals surface area contributed by atoms with E-state index in [1.807, 2.05) is 19.0 Å².